The number of anilines is 1. The molecule has 0 atom stereocenters. The first-order valence-corrected chi connectivity index (χ1v) is 12.2. The van der Waals surface area contributed by atoms with Gasteiger partial charge in [-0.15, -0.1) is 0 Å². The molecular formula is C23H30N4O3S2. The Labute approximate surface area is 198 Å². The van der Waals surface area contributed by atoms with Crippen LogP contribution < -0.4 is 10.5 Å². The maximum atomic E-state index is 13.6. The summed E-state index contributed by atoms with van der Waals surface area (Å²) in [5.74, 6) is 0.445. The van der Waals surface area contributed by atoms with Crippen molar-refractivity contribution in [2.24, 2.45) is 0 Å². The van der Waals surface area contributed by atoms with E-state index in [-0.39, 0.29) is 11.5 Å². The SMILES string of the molecule is CCCN(CCC)c1nc2ccc(C)cn2c(=O)c1/C=C1\SC(=S)N(CCCOC)C1=O. The van der Waals surface area contributed by atoms with Gasteiger partial charge in [0, 0.05) is 39.5 Å². The summed E-state index contributed by atoms with van der Waals surface area (Å²) < 4.78 is 7.15. The number of aryl methyl sites for hydroxylation is 1. The van der Waals surface area contributed by atoms with Crippen LogP contribution in [-0.2, 0) is 9.53 Å². The van der Waals surface area contributed by atoms with E-state index in [1.807, 2.05) is 19.1 Å². The predicted octanol–water partition coefficient (Wildman–Crippen LogP) is 3.87. The van der Waals surface area contributed by atoms with Gasteiger partial charge in [0.2, 0.25) is 0 Å². The topological polar surface area (TPSA) is 67.2 Å². The molecule has 0 radical (unpaired) electrons. The van der Waals surface area contributed by atoms with Crippen molar-refractivity contribution in [3.8, 4) is 0 Å². The zero-order valence-electron chi connectivity index (χ0n) is 19.1. The van der Waals surface area contributed by atoms with Crippen LogP contribution in [0.5, 0.6) is 0 Å². The van der Waals surface area contributed by atoms with Crippen LogP contribution in [0, 0.1) is 6.92 Å². The number of amides is 1. The normalized spacial score (nSPS) is 15.4. The predicted molar refractivity (Wildman–Crippen MR) is 135 cm³/mol. The molecule has 3 heterocycles. The van der Waals surface area contributed by atoms with Crippen LogP contribution in [0.3, 0.4) is 0 Å². The fourth-order valence-corrected chi connectivity index (χ4v) is 4.96. The lowest BCUT2D eigenvalue weighted by Gasteiger charge is -2.24. The molecule has 1 aliphatic heterocycles. The first kappa shape index (κ1) is 24.4. The van der Waals surface area contributed by atoms with E-state index in [9.17, 15) is 9.59 Å². The highest BCUT2D eigenvalue weighted by Crippen LogP contribution is 2.33. The minimum Gasteiger partial charge on any atom is -0.385 e. The first-order chi connectivity index (χ1) is 15.4. The number of thiocarbonyl (C=S) groups is 1. The molecule has 0 unspecified atom stereocenters. The summed E-state index contributed by atoms with van der Waals surface area (Å²) in [6, 6.07) is 3.80. The number of carbonyl (C=O) groups is 1. The molecule has 7 nitrogen and oxygen atoms in total. The Kier molecular flexibility index (Phi) is 8.44. The molecule has 0 N–H and O–H groups in total. The van der Waals surface area contributed by atoms with Gasteiger partial charge in [-0.1, -0.05) is 43.9 Å². The van der Waals surface area contributed by atoms with Crippen molar-refractivity contribution in [2.45, 2.75) is 40.0 Å². The molecular weight excluding hydrogens is 444 g/mol. The minimum absolute atomic E-state index is 0.173. The molecule has 0 spiro atoms. The van der Waals surface area contributed by atoms with Crippen LogP contribution in [0.25, 0.3) is 11.7 Å². The van der Waals surface area contributed by atoms with Gasteiger partial charge in [0.05, 0.1) is 10.5 Å². The van der Waals surface area contributed by atoms with E-state index in [0.717, 1.165) is 31.5 Å². The summed E-state index contributed by atoms with van der Waals surface area (Å²) in [7, 11) is 1.63. The van der Waals surface area contributed by atoms with Gasteiger partial charge in [-0.05, 0) is 43.9 Å². The van der Waals surface area contributed by atoms with Gasteiger partial charge in [-0.3, -0.25) is 18.9 Å². The number of pyridine rings is 1. The highest BCUT2D eigenvalue weighted by atomic mass is 32.2. The molecule has 2 aromatic rings. The third kappa shape index (κ3) is 5.22. The molecule has 1 aliphatic rings. The molecule has 9 heteroatoms. The van der Waals surface area contributed by atoms with E-state index >= 15 is 0 Å². The van der Waals surface area contributed by atoms with Crippen molar-refractivity contribution >= 4 is 51.7 Å². The third-order valence-electron chi connectivity index (χ3n) is 5.15. The summed E-state index contributed by atoms with van der Waals surface area (Å²) in [6.07, 6.45) is 6.01. The number of hydrogen-bond acceptors (Lipinski definition) is 7. The smallest absolute Gasteiger partial charge is 0.267 e. The molecule has 0 saturated carbocycles. The average Bonchev–Trinajstić information content (AvgIpc) is 3.03. The van der Waals surface area contributed by atoms with Crippen molar-refractivity contribution < 1.29 is 9.53 Å². The number of thioether (sulfide) groups is 1. The number of carbonyl (C=O) groups excluding carboxylic acids is 1. The second-order valence-electron chi connectivity index (χ2n) is 7.76. The van der Waals surface area contributed by atoms with Crippen molar-refractivity contribution in [1.29, 1.82) is 0 Å². The number of rotatable bonds is 10. The van der Waals surface area contributed by atoms with Crippen LogP contribution in [0.1, 0.15) is 44.2 Å². The molecule has 172 valence electrons. The van der Waals surface area contributed by atoms with Gasteiger partial charge in [0.1, 0.15) is 15.8 Å². The molecule has 1 fully saturated rings. The Morgan fingerprint density at radius 3 is 2.59 bits per heavy atom. The van der Waals surface area contributed by atoms with Crippen molar-refractivity contribution in [1.82, 2.24) is 14.3 Å². The van der Waals surface area contributed by atoms with Crippen LogP contribution >= 0.6 is 24.0 Å². The Bertz CT molecular complexity index is 1090. The maximum Gasteiger partial charge on any atom is 0.267 e. The second kappa shape index (κ2) is 11.1. The van der Waals surface area contributed by atoms with Gasteiger partial charge in [-0.25, -0.2) is 4.98 Å². The number of hydrogen-bond donors (Lipinski definition) is 0. The van der Waals surface area contributed by atoms with Crippen molar-refractivity contribution in [3.63, 3.8) is 0 Å². The Hall–Kier alpha value is -2.23. The van der Waals surface area contributed by atoms with E-state index < -0.39 is 0 Å². The number of nitrogens with zero attached hydrogens (tertiary/aromatic N) is 4. The molecule has 0 aromatic carbocycles. The van der Waals surface area contributed by atoms with Gasteiger partial charge in [0.25, 0.3) is 11.5 Å². The molecule has 2 aromatic heterocycles. The lowest BCUT2D eigenvalue weighted by Crippen LogP contribution is -2.31. The van der Waals surface area contributed by atoms with Crippen molar-refractivity contribution in [3.05, 3.63) is 44.7 Å². The van der Waals surface area contributed by atoms with Gasteiger partial charge in [-0.2, -0.15) is 0 Å². The standard InChI is InChI=1S/C23H30N4O3S2/c1-5-10-25(11-6-2)20-17(21(28)27-15-16(3)8-9-19(27)24-20)14-18-22(29)26(23(31)32-18)12-7-13-30-4/h8-9,14-15H,5-7,10-13H2,1-4H3/b18-14-. The van der Waals surface area contributed by atoms with Crippen LogP contribution in [0.2, 0.25) is 0 Å². The van der Waals surface area contributed by atoms with Gasteiger partial charge >= 0.3 is 0 Å². The summed E-state index contributed by atoms with van der Waals surface area (Å²) in [5.41, 5.74) is 1.79. The Morgan fingerprint density at radius 1 is 1.22 bits per heavy atom. The molecule has 1 saturated heterocycles. The zero-order chi connectivity index (χ0) is 23.3. The van der Waals surface area contributed by atoms with E-state index in [4.69, 9.17) is 21.9 Å². The van der Waals surface area contributed by atoms with Crippen LogP contribution in [0.4, 0.5) is 5.82 Å². The maximum absolute atomic E-state index is 13.6. The number of aromatic nitrogens is 2. The fourth-order valence-electron chi connectivity index (χ4n) is 3.67. The Balaban J connectivity index is 2.12. The lowest BCUT2D eigenvalue weighted by molar-refractivity contribution is -0.122. The Morgan fingerprint density at radius 2 is 1.94 bits per heavy atom. The zero-order valence-corrected chi connectivity index (χ0v) is 20.7. The average molecular weight is 475 g/mol. The van der Waals surface area contributed by atoms with Crippen molar-refractivity contribution in [2.75, 3.05) is 38.3 Å². The summed E-state index contributed by atoms with van der Waals surface area (Å²) >= 11 is 6.66. The largest absolute Gasteiger partial charge is 0.385 e. The molecule has 0 bridgehead atoms. The first-order valence-electron chi connectivity index (χ1n) is 10.9. The molecule has 0 aliphatic carbocycles. The van der Waals surface area contributed by atoms with E-state index in [1.165, 1.54) is 11.8 Å². The fraction of sp³-hybridized carbons (Fsp3) is 0.478. The molecule has 3 rings (SSSR count). The third-order valence-corrected chi connectivity index (χ3v) is 6.53. The minimum atomic E-state index is -0.185. The number of methoxy groups -OCH3 is 1. The monoisotopic (exact) mass is 474 g/mol. The number of fused-ring (bicyclic) bond motifs is 1. The van der Waals surface area contributed by atoms with Gasteiger partial charge < -0.3 is 9.64 Å². The van der Waals surface area contributed by atoms with Crippen LogP contribution in [-0.4, -0.2) is 57.9 Å². The second-order valence-corrected chi connectivity index (χ2v) is 9.43. The summed E-state index contributed by atoms with van der Waals surface area (Å²) in [5, 5.41) is 0. The summed E-state index contributed by atoms with van der Waals surface area (Å²) in [6.45, 7) is 8.75. The number of ether oxygens (including phenoxy) is 1. The molecule has 32 heavy (non-hydrogen) atoms. The highest BCUT2D eigenvalue weighted by molar-refractivity contribution is 8.26. The highest BCUT2D eigenvalue weighted by Gasteiger charge is 2.32. The molecule has 1 amide bonds. The summed E-state index contributed by atoms with van der Waals surface area (Å²) in [4.78, 5) is 35.6. The van der Waals surface area contributed by atoms with Gasteiger partial charge in [0.15, 0.2) is 0 Å². The van der Waals surface area contributed by atoms with E-state index in [0.29, 0.717) is 45.8 Å². The lowest BCUT2D eigenvalue weighted by atomic mass is 10.2. The van der Waals surface area contributed by atoms with E-state index in [2.05, 4.69) is 18.7 Å². The quantitative estimate of drug-likeness (QED) is 0.294. The van der Waals surface area contributed by atoms with E-state index in [1.54, 1.807) is 28.7 Å². The van der Waals surface area contributed by atoms with Crippen LogP contribution in [0.15, 0.2) is 28.0 Å².